The van der Waals surface area contributed by atoms with Gasteiger partial charge in [0, 0.05) is 0 Å². The van der Waals surface area contributed by atoms with E-state index in [0.717, 1.165) is 0 Å². The first-order valence-electron chi connectivity index (χ1n) is 8.09. The number of rotatable bonds is 2. The van der Waals surface area contributed by atoms with Crippen molar-refractivity contribution in [3.05, 3.63) is 47.5 Å². The Morgan fingerprint density at radius 2 is 1.00 bits per heavy atom. The van der Waals surface area contributed by atoms with Crippen LogP contribution in [0.4, 0.5) is 0 Å². The van der Waals surface area contributed by atoms with Crippen LogP contribution in [0.3, 0.4) is 0 Å². The minimum absolute atomic E-state index is 0. The van der Waals surface area contributed by atoms with Crippen LogP contribution in [-0.4, -0.2) is 16.1 Å². The van der Waals surface area contributed by atoms with Gasteiger partial charge in [0.25, 0.3) is 0 Å². The van der Waals surface area contributed by atoms with Crippen LogP contribution in [0, 0.1) is 0 Å². The Morgan fingerprint density at radius 1 is 0.667 bits per heavy atom. The SMILES string of the molecule is C[Si](C)(C)c1ccc2c(c1)[CH]([Zr+2])c1cc([Si](C)(C)C)ccc1-2.[Cl-].[Cl-]. The van der Waals surface area contributed by atoms with E-state index in [1.54, 1.807) is 46.2 Å². The summed E-state index contributed by atoms with van der Waals surface area (Å²) < 4.78 is 0.629. The van der Waals surface area contributed by atoms with Crippen LogP contribution in [0.5, 0.6) is 0 Å². The largest absolute Gasteiger partial charge is 1.00 e. The molecule has 0 fully saturated rings. The number of hydrogen-bond donors (Lipinski definition) is 0. The number of halogens is 2. The third kappa shape index (κ3) is 4.01. The molecule has 0 bridgehead atoms. The molecule has 0 nitrogen and oxygen atoms in total. The minimum Gasteiger partial charge on any atom is -1.00 e. The first-order valence-corrected chi connectivity index (χ1v) is 16.5. The second-order valence-corrected chi connectivity index (χ2v) is 20.1. The van der Waals surface area contributed by atoms with E-state index in [2.05, 4.69) is 75.7 Å². The molecule has 2 aromatic rings. The van der Waals surface area contributed by atoms with Crippen LogP contribution in [0.2, 0.25) is 39.3 Å². The van der Waals surface area contributed by atoms with Crippen LogP contribution < -0.4 is 35.2 Å². The molecule has 0 heterocycles. The van der Waals surface area contributed by atoms with Gasteiger partial charge < -0.3 is 24.8 Å². The van der Waals surface area contributed by atoms with E-state index in [0.29, 0.717) is 3.63 Å². The molecule has 1 aliphatic carbocycles. The molecule has 0 aliphatic heterocycles. The van der Waals surface area contributed by atoms with Gasteiger partial charge in [-0.1, -0.05) is 0 Å². The van der Waals surface area contributed by atoms with Gasteiger partial charge in [-0.3, -0.25) is 0 Å². The average Bonchev–Trinajstić information content (AvgIpc) is 2.70. The first-order chi connectivity index (χ1) is 10.1. The molecule has 3 rings (SSSR count). The summed E-state index contributed by atoms with van der Waals surface area (Å²) in [5.74, 6) is 0. The van der Waals surface area contributed by atoms with Gasteiger partial charge in [-0.2, -0.15) is 0 Å². The smallest absolute Gasteiger partial charge is 1.00 e. The molecule has 0 saturated carbocycles. The minimum atomic E-state index is -1.23. The molecule has 0 N–H and O–H groups in total. The molecular formula is C19H25Cl2Si2Zr. The Kier molecular flexibility index (Phi) is 7.02. The molecule has 0 aromatic heterocycles. The maximum absolute atomic E-state index is 2.52. The van der Waals surface area contributed by atoms with Crippen LogP contribution in [0.25, 0.3) is 11.1 Å². The summed E-state index contributed by atoms with van der Waals surface area (Å²) in [6.07, 6.45) is 0. The Labute approximate surface area is 176 Å². The van der Waals surface area contributed by atoms with Crippen molar-refractivity contribution < 1.29 is 49.5 Å². The fraction of sp³-hybridized carbons (Fsp3) is 0.368. The van der Waals surface area contributed by atoms with E-state index in [1.807, 2.05) is 0 Å². The van der Waals surface area contributed by atoms with Crippen molar-refractivity contribution in [1.82, 2.24) is 0 Å². The monoisotopic (exact) mass is 469 g/mol. The van der Waals surface area contributed by atoms with E-state index in [9.17, 15) is 0 Å². The molecule has 5 heteroatoms. The van der Waals surface area contributed by atoms with Crippen molar-refractivity contribution in [2.45, 2.75) is 42.9 Å². The van der Waals surface area contributed by atoms with E-state index in [4.69, 9.17) is 0 Å². The molecule has 0 unspecified atom stereocenters. The molecule has 0 amide bonds. The van der Waals surface area contributed by atoms with Crippen molar-refractivity contribution in [3.8, 4) is 11.1 Å². The Hall–Kier alpha value is 0.337. The quantitative estimate of drug-likeness (QED) is 0.463. The topological polar surface area (TPSA) is 0 Å². The maximum Gasteiger partial charge on any atom is -1.00 e. The van der Waals surface area contributed by atoms with Gasteiger partial charge in [0.15, 0.2) is 0 Å². The zero-order chi connectivity index (χ0) is 16.3. The number of fused-ring (bicyclic) bond motifs is 3. The van der Waals surface area contributed by atoms with Gasteiger partial charge in [-0.25, -0.2) is 0 Å². The van der Waals surface area contributed by atoms with Gasteiger partial charge in [0.2, 0.25) is 0 Å². The van der Waals surface area contributed by atoms with E-state index in [1.165, 1.54) is 11.1 Å². The Bertz CT molecular complexity index is 683. The molecule has 0 radical (unpaired) electrons. The zero-order valence-corrected chi connectivity index (χ0v) is 21.3. The van der Waals surface area contributed by atoms with Crippen LogP contribution >= 0.6 is 0 Å². The van der Waals surface area contributed by atoms with Crippen molar-refractivity contribution in [3.63, 3.8) is 0 Å². The van der Waals surface area contributed by atoms with Gasteiger partial charge in [0.05, 0.1) is 0 Å². The van der Waals surface area contributed by atoms with Crippen LogP contribution in [0.15, 0.2) is 36.4 Å². The van der Waals surface area contributed by atoms with E-state index in [-0.39, 0.29) is 24.8 Å². The summed E-state index contributed by atoms with van der Waals surface area (Å²) in [7, 11) is -2.47. The van der Waals surface area contributed by atoms with Gasteiger partial charge in [-0.15, -0.1) is 0 Å². The first kappa shape index (κ1) is 22.4. The molecule has 0 atom stereocenters. The molecule has 0 saturated heterocycles. The summed E-state index contributed by atoms with van der Waals surface area (Å²) >= 11 is 1.62. The fourth-order valence-corrected chi connectivity index (χ4v) is 6.71. The van der Waals surface area contributed by atoms with Gasteiger partial charge in [-0.05, 0) is 0 Å². The fourth-order valence-electron chi connectivity index (χ4n) is 3.19. The molecule has 2 aromatic carbocycles. The Morgan fingerprint density at radius 3 is 1.29 bits per heavy atom. The summed E-state index contributed by atoms with van der Waals surface area (Å²) in [6, 6.07) is 14.6. The third-order valence-electron chi connectivity index (χ3n) is 4.75. The molecule has 0 spiro atoms. The second-order valence-electron chi connectivity index (χ2n) is 8.54. The summed E-state index contributed by atoms with van der Waals surface area (Å²) in [5, 5.41) is 3.19. The normalized spacial score (nSPS) is 13.7. The number of benzene rings is 2. The van der Waals surface area contributed by atoms with E-state index < -0.39 is 16.1 Å². The number of hydrogen-bond acceptors (Lipinski definition) is 0. The van der Waals surface area contributed by atoms with Crippen molar-refractivity contribution in [2.75, 3.05) is 0 Å². The molecular weight excluding hydrogens is 447 g/mol. The standard InChI is InChI=1S/C19H25Si2.2ClH.Zr/c1-20(2,3)16-7-9-18-14(12-16)11-15-13-17(21(4,5)6)8-10-19(15)18;;;/h7-13H,1-6H3;2*1H;/q;;;+2/p-2. The summed E-state index contributed by atoms with van der Waals surface area (Å²) in [6.45, 7) is 14.7. The zero-order valence-electron chi connectivity index (χ0n) is 15.3. The van der Waals surface area contributed by atoms with Gasteiger partial charge in [0.1, 0.15) is 0 Å². The Balaban J connectivity index is 0.00000144. The van der Waals surface area contributed by atoms with Crippen molar-refractivity contribution in [2.24, 2.45) is 0 Å². The molecule has 1 aliphatic rings. The van der Waals surface area contributed by atoms with Crippen molar-refractivity contribution >= 4 is 26.5 Å². The summed E-state index contributed by atoms with van der Waals surface area (Å²) in [5.41, 5.74) is 6.14. The summed E-state index contributed by atoms with van der Waals surface area (Å²) in [4.78, 5) is 0. The van der Waals surface area contributed by atoms with E-state index >= 15 is 0 Å². The second kappa shape index (κ2) is 7.52. The molecule has 24 heavy (non-hydrogen) atoms. The molecule has 127 valence electrons. The van der Waals surface area contributed by atoms with Crippen LogP contribution in [0.1, 0.15) is 14.8 Å². The average molecular weight is 472 g/mol. The van der Waals surface area contributed by atoms with Crippen LogP contribution in [-0.2, 0) is 24.7 Å². The van der Waals surface area contributed by atoms with Crippen molar-refractivity contribution in [1.29, 1.82) is 0 Å². The maximum atomic E-state index is 2.52. The predicted molar refractivity (Wildman–Crippen MR) is 99.7 cm³/mol. The third-order valence-corrected chi connectivity index (χ3v) is 10.4. The van der Waals surface area contributed by atoms with Gasteiger partial charge >= 0.3 is 153 Å². The predicted octanol–water partition coefficient (Wildman–Crippen LogP) is -1.60.